The fraction of sp³-hybridized carbons (Fsp3) is 0.462. The molecule has 2 atom stereocenters. The second kappa shape index (κ2) is 10.1. The van der Waals surface area contributed by atoms with Crippen LogP contribution in [0.25, 0.3) is 10.2 Å². The highest BCUT2D eigenvalue weighted by Crippen LogP contribution is 2.32. The van der Waals surface area contributed by atoms with E-state index in [2.05, 4.69) is 30.7 Å². The summed E-state index contributed by atoms with van der Waals surface area (Å²) in [5.74, 6) is 0.564. The Kier molecular flexibility index (Phi) is 7.04. The van der Waals surface area contributed by atoms with Crippen molar-refractivity contribution < 1.29 is 17.9 Å². The zero-order valence-corrected chi connectivity index (χ0v) is 22.5. The summed E-state index contributed by atoms with van der Waals surface area (Å²) in [6.45, 7) is 9.10. The highest BCUT2D eigenvalue weighted by Gasteiger charge is 2.31. The number of nitrogens with zero attached hydrogens (tertiary/aromatic N) is 4. The number of carbonyl (C=O) groups excluding carboxylic acids is 1. The SMILES string of the molecule is CC1CC(C)CN(S(=O)(=O)c2ccc(C(=O)Oc3ccc4nc(N5CCN(C)CC5)sc4c3)cc2)C1. The summed E-state index contributed by atoms with van der Waals surface area (Å²) >= 11 is 1.59. The van der Waals surface area contributed by atoms with E-state index in [0.29, 0.717) is 36.2 Å². The third kappa shape index (κ3) is 5.27. The second-order valence-electron chi connectivity index (χ2n) is 10.1. The molecule has 8 nitrogen and oxygen atoms in total. The highest BCUT2D eigenvalue weighted by atomic mass is 32.2. The third-order valence-corrected chi connectivity index (χ3v) is 9.82. The van der Waals surface area contributed by atoms with Crippen LogP contribution in [-0.2, 0) is 10.0 Å². The van der Waals surface area contributed by atoms with Crippen LogP contribution in [0.3, 0.4) is 0 Å². The van der Waals surface area contributed by atoms with Gasteiger partial charge in [-0.05, 0) is 61.7 Å². The third-order valence-electron chi connectivity index (χ3n) is 6.90. The van der Waals surface area contributed by atoms with Gasteiger partial charge in [-0.2, -0.15) is 4.31 Å². The van der Waals surface area contributed by atoms with E-state index in [0.717, 1.165) is 47.9 Å². The molecule has 10 heteroatoms. The van der Waals surface area contributed by atoms with Crippen molar-refractivity contribution in [1.82, 2.24) is 14.2 Å². The lowest BCUT2D eigenvalue weighted by Gasteiger charge is -2.34. The van der Waals surface area contributed by atoms with Crippen LogP contribution in [-0.4, -0.2) is 74.9 Å². The molecule has 2 saturated heterocycles. The normalized spacial score (nSPS) is 22.1. The first-order chi connectivity index (χ1) is 17.2. The number of ether oxygens (including phenoxy) is 1. The van der Waals surface area contributed by atoms with Crippen LogP contribution in [0.1, 0.15) is 30.6 Å². The number of rotatable bonds is 5. The van der Waals surface area contributed by atoms with E-state index in [-0.39, 0.29) is 4.90 Å². The standard InChI is InChI=1S/C26H32N4O4S2/c1-18-14-19(2)17-30(16-18)36(32,33)22-7-4-20(5-8-22)25(31)34-21-6-9-23-24(15-21)35-26(27-23)29-12-10-28(3)11-13-29/h4-9,15,18-19H,10-14,16-17H2,1-3H3. The Hall–Kier alpha value is -2.53. The number of piperazine rings is 1. The van der Waals surface area contributed by atoms with E-state index in [9.17, 15) is 13.2 Å². The molecule has 0 aliphatic carbocycles. The lowest BCUT2D eigenvalue weighted by atomic mass is 9.94. The summed E-state index contributed by atoms with van der Waals surface area (Å²) in [7, 11) is -1.47. The molecule has 5 rings (SSSR count). The number of esters is 1. The number of benzene rings is 2. The van der Waals surface area contributed by atoms with Crippen molar-refractivity contribution in [3.8, 4) is 5.75 Å². The van der Waals surface area contributed by atoms with Crippen molar-refractivity contribution in [3.63, 3.8) is 0 Å². The summed E-state index contributed by atoms with van der Waals surface area (Å²) in [4.78, 5) is 22.3. The molecule has 0 spiro atoms. The van der Waals surface area contributed by atoms with Gasteiger partial charge in [0.1, 0.15) is 5.75 Å². The number of aromatic nitrogens is 1. The summed E-state index contributed by atoms with van der Waals surface area (Å²) in [5.41, 5.74) is 1.18. The minimum Gasteiger partial charge on any atom is -0.423 e. The molecule has 2 aliphatic heterocycles. The zero-order valence-electron chi connectivity index (χ0n) is 20.9. The molecule has 0 bridgehead atoms. The Labute approximate surface area is 216 Å². The van der Waals surface area contributed by atoms with Gasteiger partial charge in [0.05, 0.1) is 20.7 Å². The lowest BCUT2D eigenvalue weighted by molar-refractivity contribution is 0.0735. The van der Waals surface area contributed by atoms with Gasteiger partial charge in [-0.3, -0.25) is 0 Å². The fourth-order valence-corrected chi connectivity index (χ4v) is 7.69. The van der Waals surface area contributed by atoms with Gasteiger partial charge in [-0.1, -0.05) is 25.2 Å². The molecule has 2 unspecified atom stereocenters. The number of sulfonamides is 1. The predicted octanol–water partition coefficient (Wildman–Crippen LogP) is 3.93. The molecule has 0 radical (unpaired) electrons. The number of anilines is 1. The van der Waals surface area contributed by atoms with Crippen LogP contribution in [0.15, 0.2) is 47.4 Å². The average Bonchev–Trinajstić information content (AvgIpc) is 3.27. The van der Waals surface area contributed by atoms with Gasteiger partial charge < -0.3 is 14.5 Å². The monoisotopic (exact) mass is 528 g/mol. The lowest BCUT2D eigenvalue weighted by Crippen LogP contribution is -2.44. The number of piperidine rings is 1. The fourth-order valence-electron chi connectivity index (χ4n) is 4.97. The minimum absolute atomic E-state index is 0.197. The summed E-state index contributed by atoms with van der Waals surface area (Å²) in [6, 6.07) is 11.5. The van der Waals surface area contributed by atoms with E-state index in [1.54, 1.807) is 21.7 Å². The maximum Gasteiger partial charge on any atom is 0.343 e. The maximum absolute atomic E-state index is 13.1. The molecule has 2 aromatic carbocycles. The first-order valence-corrected chi connectivity index (χ1v) is 14.6. The van der Waals surface area contributed by atoms with Crippen LogP contribution in [0.4, 0.5) is 5.13 Å². The van der Waals surface area contributed by atoms with Crippen LogP contribution in [0.2, 0.25) is 0 Å². The summed E-state index contributed by atoms with van der Waals surface area (Å²) in [5, 5.41) is 0.982. The zero-order chi connectivity index (χ0) is 25.4. The molecule has 0 amide bonds. The second-order valence-corrected chi connectivity index (χ2v) is 13.0. The van der Waals surface area contributed by atoms with Gasteiger partial charge >= 0.3 is 5.97 Å². The largest absolute Gasteiger partial charge is 0.423 e. The van der Waals surface area contributed by atoms with E-state index < -0.39 is 16.0 Å². The van der Waals surface area contributed by atoms with Gasteiger partial charge in [0.2, 0.25) is 10.0 Å². The Morgan fingerprint density at radius 1 is 1.00 bits per heavy atom. The molecule has 36 heavy (non-hydrogen) atoms. The molecular weight excluding hydrogens is 496 g/mol. The Morgan fingerprint density at radius 3 is 2.33 bits per heavy atom. The maximum atomic E-state index is 13.1. The number of hydrogen-bond acceptors (Lipinski definition) is 8. The minimum atomic E-state index is -3.59. The highest BCUT2D eigenvalue weighted by molar-refractivity contribution is 7.89. The van der Waals surface area contributed by atoms with Gasteiger partial charge in [0.15, 0.2) is 5.13 Å². The molecule has 2 fully saturated rings. The molecule has 192 valence electrons. The average molecular weight is 529 g/mol. The van der Waals surface area contributed by atoms with E-state index in [1.807, 2.05) is 12.1 Å². The van der Waals surface area contributed by atoms with Crippen LogP contribution in [0.5, 0.6) is 5.75 Å². The van der Waals surface area contributed by atoms with Crippen molar-refractivity contribution in [3.05, 3.63) is 48.0 Å². The van der Waals surface area contributed by atoms with Crippen LogP contribution in [0, 0.1) is 11.8 Å². The first-order valence-electron chi connectivity index (χ1n) is 12.4. The predicted molar refractivity (Wildman–Crippen MR) is 142 cm³/mol. The Bertz CT molecular complexity index is 1340. The van der Waals surface area contributed by atoms with Crippen LogP contribution >= 0.6 is 11.3 Å². The Balaban J connectivity index is 1.27. The molecule has 0 saturated carbocycles. The van der Waals surface area contributed by atoms with Gasteiger partial charge in [-0.25, -0.2) is 18.2 Å². The molecular formula is C26H32N4O4S2. The van der Waals surface area contributed by atoms with Crippen LogP contribution < -0.4 is 9.64 Å². The van der Waals surface area contributed by atoms with Crippen molar-refractivity contribution in [2.24, 2.45) is 11.8 Å². The van der Waals surface area contributed by atoms with Crippen molar-refractivity contribution in [2.75, 3.05) is 51.2 Å². The molecule has 3 heterocycles. The molecule has 2 aliphatic rings. The van der Waals surface area contributed by atoms with Crippen molar-refractivity contribution in [1.29, 1.82) is 0 Å². The van der Waals surface area contributed by atoms with E-state index in [4.69, 9.17) is 9.72 Å². The van der Waals surface area contributed by atoms with Gasteiger partial charge in [0, 0.05) is 45.3 Å². The topological polar surface area (TPSA) is 83.0 Å². The molecule has 1 aromatic heterocycles. The number of hydrogen-bond donors (Lipinski definition) is 0. The summed E-state index contributed by atoms with van der Waals surface area (Å²) < 4.78 is 34.3. The smallest absolute Gasteiger partial charge is 0.343 e. The van der Waals surface area contributed by atoms with Gasteiger partial charge in [0.25, 0.3) is 0 Å². The summed E-state index contributed by atoms with van der Waals surface area (Å²) in [6.07, 6.45) is 1.03. The number of carbonyl (C=O) groups is 1. The number of fused-ring (bicyclic) bond motifs is 1. The quantitative estimate of drug-likeness (QED) is 0.367. The van der Waals surface area contributed by atoms with Gasteiger partial charge in [-0.15, -0.1) is 0 Å². The van der Waals surface area contributed by atoms with Crippen molar-refractivity contribution >= 4 is 42.7 Å². The van der Waals surface area contributed by atoms with E-state index >= 15 is 0 Å². The Morgan fingerprint density at radius 2 is 1.67 bits per heavy atom. The molecule has 3 aromatic rings. The first kappa shape index (κ1) is 25.1. The van der Waals surface area contributed by atoms with E-state index in [1.165, 1.54) is 24.3 Å². The number of thiazole rings is 1. The number of likely N-dealkylation sites (N-methyl/N-ethyl adjacent to an activating group) is 1. The van der Waals surface area contributed by atoms with Crippen molar-refractivity contribution in [2.45, 2.75) is 25.2 Å². The molecule has 0 N–H and O–H groups in total.